The molecule has 288 valence electrons. The number of nitriles is 1. The molecule has 1 saturated heterocycles. The summed E-state index contributed by atoms with van der Waals surface area (Å²) in [6.07, 6.45) is 0.245. The molecule has 1 atom stereocenters. The predicted molar refractivity (Wildman–Crippen MR) is 185 cm³/mol. The molecule has 1 aliphatic rings. The van der Waals surface area contributed by atoms with E-state index >= 15 is 0 Å². The molecule has 0 aromatic heterocycles. The molecule has 19 nitrogen and oxygen atoms in total. The van der Waals surface area contributed by atoms with Crippen LogP contribution < -0.4 is 0 Å². The number of carbonyl (C=O) groups is 6. The van der Waals surface area contributed by atoms with Crippen LogP contribution in [-0.4, -0.2) is 213 Å². The zero-order valence-electron chi connectivity index (χ0n) is 28.8. The van der Waals surface area contributed by atoms with Crippen LogP contribution >= 0.6 is 11.8 Å². The molecule has 0 bridgehead atoms. The number of hydrogen-bond donors (Lipinski definition) is 6. The van der Waals surface area contributed by atoms with Crippen LogP contribution in [0.2, 0.25) is 0 Å². The highest BCUT2D eigenvalue weighted by molar-refractivity contribution is 8.03. The van der Waals surface area contributed by atoms with E-state index in [0.29, 0.717) is 4.90 Å². The van der Waals surface area contributed by atoms with Gasteiger partial charge in [-0.05, 0) is 35.9 Å². The zero-order chi connectivity index (χ0) is 38.6. The Labute approximate surface area is 305 Å². The van der Waals surface area contributed by atoms with Gasteiger partial charge in [0.1, 0.15) is 5.40 Å². The minimum absolute atomic E-state index is 0.0334. The van der Waals surface area contributed by atoms with Gasteiger partial charge in [0.2, 0.25) is 0 Å². The summed E-state index contributed by atoms with van der Waals surface area (Å²) in [5.74, 6) is -6.95. The van der Waals surface area contributed by atoms with Gasteiger partial charge in [0.05, 0.1) is 39.3 Å². The molecule has 6 N–H and O–H groups in total. The first-order valence-electron chi connectivity index (χ1n) is 16.4. The van der Waals surface area contributed by atoms with Gasteiger partial charge in [0.15, 0.2) is 0 Å². The number of thiocyanates is 1. The van der Waals surface area contributed by atoms with Crippen LogP contribution in [0.15, 0.2) is 29.2 Å². The van der Waals surface area contributed by atoms with E-state index in [0.717, 1.165) is 17.3 Å². The van der Waals surface area contributed by atoms with E-state index < -0.39 is 81.1 Å². The number of thioether (sulfide) groups is 1. The average Bonchev–Trinajstić information content (AvgIpc) is 3.03. The van der Waals surface area contributed by atoms with Crippen molar-refractivity contribution >= 4 is 47.6 Å². The van der Waals surface area contributed by atoms with Gasteiger partial charge in [-0.2, -0.15) is 5.26 Å². The minimum Gasteiger partial charge on any atom is -0.480 e. The van der Waals surface area contributed by atoms with E-state index in [2.05, 4.69) is 0 Å². The normalized spacial score (nSPS) is 19.2. The Morgan fingerprint density at radius 2 is 0.865 bits per heavy atom. The fraction of sp³-hybridized carbons (Fsp3) is 0.594. The second-order valence-corrected chi connectivity index (χ2v) is 13.2. The number of hydrogen-bond acceptors (Lipinski definition) is 14. The smallest absolute Gasteiger partial charge is 0.317 e. The number of aliphatic carboxylic acids is 6. The number of nitrogens with zero attached hydrogens (tertiary/aromatic N) is 7. The molecule has 1 unspecified atom stereocenters. The number of carboxylic acids is 6. The molecule has 52 heavy (non-hydrogen) atoms. The van der Waals surface area contributed by atoms with E-state index in [9.17, 15) is 59.4 Å². The largest absolute Gasteiger partial charge is 0.480 e. The third-order valence-electron chi connectivity index (χ3n) is 8.31. The number of carboxylic acid groups (broad SMARTS) is 6. The summed E-state index contributed by atoms with van der Waals surface area (Å²) >= 11 is 0.963. The summed E-state index contributed by atoms with van der Waals surface area (Å²) in [6, 6.07) is 6.39. The minimum atomic E-state index is -1.17. The molecule has 1 heterocycles. The number of benzene rings is 1. The van der Waals surface area contributed by atoms with Crippen molar-refractivity contribution in [3.8, 4) is 5.40 Å². The molecular weight excluding hydrogens is 706 g/mol. The first-order chi connectivity index (χ1) is 24.6. The lowest BCUT2D eigenvalue weighted by Crippen LogP contribution is -2.52. The van der Waals surface area contributed by atoms with Crippen LogP contribution in [0.1, 0.15) is 5.56 Å². The van der Waals surface area contributed by atoms with Gasteiger partial charge in [-0.1, -0.05) is 12.1 Å². The predicted octanol–water partition coefficient (Wildman–Crippen LogP) is -1.50. The SMILES string of the molecule is N#CSc1ccc(CC2CN(CC(=O)O)CCN(CC(=O)O)CCN(CC(=O)O)CCN(CC(=O)O)CCN(CC(=O)O)CCN2CC(=O)O)cc1. The fourth-order valence-electron chi connectivity index (χ4n) is 5.86. The van der Waals surface area contributed by atoms with Gasteiger partial charge >= 0.3 is 35.8 Å². The maximum atomic E-state index is 12.2. The monoisotopic (exact) mass is 753 g/mol. The van der Waals surface area contributed by atoms with Crippen LogP contribution in [0.5, 0.6) is 0 Å². The zero-order valence-corrected chi connectivity index (χ0v) is 29.6. The highest BCUT2D eigenvalue weighted by atomic mass is 32.2. The quantitative estimate of drug-likeness (QED) is 0.0879. The highest BCUT2D eigenvalue weighted by Gasteiger charge is 2.27. The molecular formula is C32H47N7O12S. The Hall–Kier alpha value is -4.36. The van der Waals surface area contributed by atoms with E-state index in [1.165, 1.54) is 0 Å². The molecule has 1 aliphatic heterocycles. The molecule has 0 saturated carbocycles. The van der Waals surface area contributed by atoms with Gasteiger partial charge in [-0.3, -0.25) is 58.2 Å². The maximum absolute atomic E-state index is 12.2. The average molecular weight is 754 g/mol. The van der Waals surface area contributed by atoms with Crippen LogP contribution in [0.3, 0.4) is 0 Å². The Morgan fingerprint density at radius 3 is 1.21 bits per heavy atom. The Balaban J connectivity index is 2.58. The van der Waals surface area contributed by atoms with Crippen molar-refractivity contribution in [2.24, 2.45) is 0 Å². The van der Waals surface area contributed by atoms with Crippen LogP contribution in [0, 0.1) is 10.7 Å². The Bertz CT molecular complexity index is 1400. The van der Waals surface area contributed by atoms with Gasteiger partial charge in [-0.15, -0.1) is 0 Å². The van der Waals surface area contributed by atoms with Crippen molar-refractivity contribution in [3.05, 3.63) is 29.8 Å². The lowest BCUT2D eigenvalue weighted by atomic mass is 10.0. The Morgan fingerprint density at radius 1 is 0.538 bits per heavy atom. The lowest BCUT2D eigenvalue weighted by Gasteiger charge is -2.37. The molecule has 2 rings (SSSR count). The molecule has 20 heteroatoms. The van der Waals surface area contributed by atoms with Crippen LogP contribution in [-0.2, 0) is 35.2 Å². The maximum Gasteiger partial charge on any atom is 0.317 e. The van der Waals surface area contributed by atoms with Crippen molar-refractivity contribution in [2.75, 3.05) is 111 Å². The van der Waals surface area contributed by atoms with Crippen molar-refractivity contribution in [2.45, 2.75) is 17.4 Å². The molecule has 0 aliphatic carbocycles. The second kappa shape index (κ2) is 23.3. The molecule has 0 spiro atoms. The van der Waals surface area contributed by atoms with E-state index in [1.54, 1.807) is 53.7 Å². The second-order valence-electron chi connectivity index (χ2n) is 12.4. The van der Waals surface area contributed by atoms with Crippen molar-refractivity contribution < 1.29 is 59.4 Å². The summed E-state index contributed by atoms with van der Waals surface area (Å²) in [5, 5.41) is 69.1. The molecule has 1 aromatic carbocycles. The number of rotatable bonds is 15. The molecule has 0 radical (unpaired) electrons. The van der Waals surface area contributed by atoms with Gasteiger partial charge in [0, 0.05) is 82.9 Å². The highest BCUT2D eigenvalue weighted by Crippen LogP contribution is 2.19. The summed E-state index contributed by atoms with van der Waals surface area (Å²) in [7, 11) is 0. The lowest BCUT2D eigenvalue weighted by molar-refractivity contribution is -0.141. The van der Waals surface area contributed by atoms with Gasteiger partial charge in [0.25, 0.3) is 0 Å². The van der Waals surface area contributed by atoms with Crippen LogP contribution in [0.25, 0.3) is 0 Å². The molecule has 0 amide bonds. The van der Waals surface area contributed by atoms with Crippen molar-refractivity contribution in [1.82, 2.24) is 29.4 Å². The van der Waals surface area contributed by atoms with Gasteiger partial charge < -0.3 is 30.6 Å². The molecule has 1 fully saturated rings. The summed E-state index contributed by atoms with van der Waals surface area (Å²) < 4.78 is 0. The summed E-state index contributed by atoms with van der Waals surface area (Å²) in [5.41, 5.74) is 0.762. The van der Waals surface area contributed by atoms with E-state index in [-0.39, 0.29) is 78.4 Å². The van der Waals surface area contributed by atoms with Crippen LogP contribution in [0.4, 0.5) is 0 Å². The summed E-state index contributed by atoms with van der Waals surface area (Å²) in [4.78, 5) is 81.2. The van der Waals surface area contributed by atoms with Crippen molar-refractivity contribution in [3.63, 3.8) is 0 Å². The Kier molecular flexibility index (Phi) is 19.6. The first kappa shape index (κ1) is 43.8. The summed E-state index contributed by atoms with van der Waals surface area (Å²) in [6.45, 7) is -1.75. The van der Waals surface area contributed by atoms with Crippen molar-refractivity contribution in [1.29, 1.82) is 5.26 Å². The third-order valence-corrected chi connectivity index (χ3v) is 8.91. The van der Waals surface area contributed by atoms with E-state index in [1.807, 2.05) is 5.40 Å². The third kappa shape index (κ3) is 18.8. The standard InChI is InChI=1S/C32H47N7O12S/c33-23-52-26-3-1-24(2-4-26)15-25-16-38(21-31(48)49)12-11-36(19-29(44)45)8-7-34(17-27(40)41)5-6-35(18-28(42)43)9-10-37(20-30(46)47)13-14-39(25)22-32(50)51/h1-4,25H,5-22H2,(H,40,41)(H,42,43)(H,44,45)(H,46,47)(H,48,49)(H,50,51). The van der Waals surface area contributed by atoms with Gasteiger partial charge in [-0.25, -0.2) is 0 Å². The first-order valence-corrected chi connectivity index (χ1v) is 17.3. The topological polar surface area (TPSA) is 267 Å². The van der Waals surface area contributed by atoms with E-state index in [4.69, 9.17) is 5.26 Å². The molecule has 1 aromatic rings. The fourth-order valence-corrected chi connectivity index (χ4v) is 6.24.